The molecule has 2 heterocycles. The SMILES string of the molecule is CC1CCN(C(C)CNC(=O)c2ccccc2SCc2nnnn2-c2ccccc2)CC1. The lowest BCUT2D eigenvalue weighted by Crippen LogP contribution is -2.45. The molecule has 2 aromatic carbocycles. The number of amides is 1. The molecule has 3 aromatic rings. The Morgan fingerprint density at radius 2 is 1.84 bits per heavy atom. The normalized spacial score (nSPS) is 16.1. The number of rotatable bonds is 8. The van der Waals surface area contributed by atoms with Crippen LogP contribution in [0.1, 0.15) is 42.9 Å². The molecule has 1 aromatic heterocycles. The fourth-order valence-corrected chi connectivity index (χ4v) is 4.88. The Kier molecular flexibility index (Phi) is 7.55. The van der Waals surface area contributed by atoms with E-state index in [1.807, 2.05) is 54.6 Å². The molecule has 0 radical (unpaired) electrons. The van der Waals surface area contributed by atoms with Crippen LogP contribution in [0.2, 0.25) is 0 Å². The second-order valence-electron chi connectivity index (χ2n) is 8.40. The lowest BCUT2D eigenvalue weighted by molar-refractivity contribution is 0.0919. The highest BCUT2D eigenvalue weighted by Crippen LogP contribution is 2.26. The number of tetrazole rings is 1. The van der Waals surface area contributed by atoms with Crippen LogP contribution in [0.25, 0.3) is 5.69 Å². The summed E-state index contributed by atoms with van der Waals surface area (Å²) >= 11 is 1.57. The predicted octanol–water partition coefficient (Wildman–Crippen LogP) is 3.80. The summed E-state index contributed by atoms with van der Waals surface area (Å²) in [7, 11) is 0. The first-order valence-corrected chi connectivity index (χ1v) is 12.2. The maximum absolute atomic E-state index is 13.0. The highest BCUT2D eigenvalue weighted by molar-refractivity contribution is 7.98. The van der Waals surface area contributed by atoms with Gasteiger partial charge >= 0.3 is 0 Å². The third-order valence-corrected chi connectivity index (χ3v) is 7.09. The van der Waals surface area contributed by atoms with E-state index in [1.165, 1.54) is 12.8 Å². The minimum absolute atomic E-state index is 0.0343. The number of carbonyl (C=O) groups excluding carboxylic acids is 1. The Morgan fingerprint density at radius 1 is 1.12 bits per heavy atom. The van der Waals surface area contributed by atoms with E-state index < -0.39 is 0 Å². The van der Waals surface area contributed by atoms with Gasteiger partial charge in [0.2, 0.25) is 0 Å². The molecule has 7 nitrogen and oxygen atoms in total. The smallest absolute Gasteiger partial charge is 0.252 e. The van der Waals surface area contributed by atoms with Crippen LogP contribution in [-0.4, -0.2) is 56.7 Å². The number of thioether (sulfide) groups is 1. The summed E-state index contributed by atoms with van der Waals surface area (Å²) in [5.41, 5.74) is 1.61. The molecule has 1 unspecified atom stereocenters. The lowest BCUT2D eigenvalue weighted by Gasteiger charge is -2.35. The second kappa shape index (κ2) is 10.7. The van der Waals surface area contributed by atoms with E-state index in [0.29, 0.717) is 23.9 Å². The van der Waals surface area contributed by atoms with Crippen molar-refractivity contribution in [1.82, 2.24) is 30.4 Å². The molecule has 1 N–H and O–H groups in total. The van der Waals surface area contributed by atoms with Crippen molar-refractivity contribution in [3.05, 3.63) is 66.0 Å². The largest absolute Gasteiger partial charge is 0.350 e. The molecule has 0 bridgehead atoms. The number of aromatic nitrogens is 4. The zero-order valence-corrected chi connectivity index (χ0v) is 19.5. The summed E-state index contributed by atoms with van der Waals surface area (Å²) in [4.78, 5) is 16.4. The highest BCUT2D eigenvalue weighted by Gasteiger charge is 2.21. The molecule has 8 heteroatoms. The monoisotopic (exact) mass is 450 g/mol. The standard InChI is InChI=1S/C24H30N6OS/c1-18-12-14-29(15-13-18)19(2)16-25-24(31)21-10-6-7-11-22(21)32-17-23-26-27-28-30(23)20-8-4-3-5-9-20/h3-11,18-19H,12-17H2,1-2H3,(H,25,31). The summed E-state index contributed by atoms with van der Waals surface area (Å²) in [6.07, 6.45) is 2.47. The van der Waals surface area contributed by atoms with Gasteiger partial charge < -0.3 is 5.32 Å². The number of para-hydroxylation sites is 1. The number of nitrogens with one attached hydrogen (secondary N) is 1. The van der Waals surface area contributed by atoms with Crippen LogP contribution < -0.4 is 5.32 Å². The van der Waals surface area contributed by atoms with Crippen molar-refractivity contribution in [3.63, 3.8) is 0 Å². The molecule has 0 saturated carbocycles. The number of likely N-dealkylation sites (tertiary alicyclic amines) is 1. The topological polar surface area (TPSA) is 75.9 Å². The van der Waals surface area contributed by atoms with Gasteiger partial charge in [0, 0.05) is 17.5 Å². The maximum Gasteiger partial charge on any atom is 0.252 e. The minimum atomic E-state index is -0.0343. The van der Waals surface area contributed by atoms with Gasteiger partial charge in [0.1, 0.15) is 0 Å². The third-order valence-electron chi connectivity index (χ3n) is 6.02. The van der Waals surface area contributed by atoms with E-state index in [0.717, 1.165) is 35.4 Å². The molecule has 1 atom stereocenters. The van der Waals surface area contributed by atoms with Crippen LogP contribution in [0.3, 0.4) is 0 Å². The van der Waals surface area contributed by atoms with Crippen LogP contribution in [0.5, 0.6) is 0 Å². The molecular formula is C24H30N6OS. The number of carbonyl (C=O) groups is 1. The molecule has 168 valence electrons. The molecule has 32 heavy (non-hydrogen) atoms. The Hall–Kier alpha value is -2.71. The number of piperidine rings is 1. The van der Waals surface area contributed by atoms with E-state index >= 15 is 0 Å². The summed E-state index contributed by atoms with van der Waals surface area (Å²) in [5, 5.41) is 15.3. The van der Waals surface area contributed by atoms with Gasteiger partial charge in [-0.15, -0.1) is 16.9 Å². The van der Waals surface area contributed by atoms with Gasteiger partial charge in [-0.05, 0) is 73.5 Å². The van der Waals surface area contributed by atoms with Gasteiger partial charge in [0.05, 0.1) is 17.0 Å². The predicted molar refractivity (Wildman–Crippen MR) is 127 cm³/mol. The molecule has 4 rings (SSSR count). The summed E-state index contributed by atoms with van der Waals surface area (Å²) in [6.45, 7) is 7.39. The van der Waals surface area contributed by atoms with Crippen LogP contribution in [-0.2, 0) is 5.75 Å². The minimum Gasteiger partial charge on any atom is -0.350 e. The Labute approximate surface area is 193 Å². The van der Waals surface area contributed by atoms with Gasteiger partial charge in [0.15, 0.2) is 5.82 Å². The first-order valence-electron chi connectivity index (χ1n) is 11.2. The zero-order chi connectivity index (χ0) is 22.3. The van der Waals surface area contributed by atoms with Gasteiger partial charge in [-0.1, -0.05) is 37.3 Å². The first kappa shape index (κ1) is 22.5. The molecule has 1 saturated heterocycles. The van der Waals surface area contributed by atoms with E-state index in [2.05, 4.69) is 39.6 Å². The number of hydrogen-bond donors (Lipinski definition) is 1. The molecule has 1 aliphatic rings. The van der Waals surface area contributed by atoms with E-state index in [1.54, 1.807) is 16.4 Å². The molecule has 1 aliphatic heterocycles. The average Bonchev–Trinajstić information content (AvgIpc) is 3.31. The van der Waals surface area contributed by atoms with Crippen molar-refractivity contribution in [2.24, 2.45) is 5.92 Å². The summed E-state index contributed by atoms with van der Waals surface area (Å²) < 4.78 is 1.73. The van der Waals surface area contributed by atoms with Crippen LogP contribution in [0.15, 0.2) is 59.5 Å². The zero-order valence-electron chi connectivity index (χ0n) is 18.6. The molecule has 0 aliphatic carbocycles. The molecule has 0 spiro atoms. The van der Waals surface area contributed by atoms with E-state index in [4.69, 9.17) is 0 Å². The number of hydrogen-bond acceptors (Lipinski definition) is 6. The fourth-order valence-electron chi connectivity index (χ4n) is 3.92. The lowest BCUT2D eigenvalue weighted by atomic mass is 9.98. The van der Waals surface area contributed by atoms with Gasteiger partial charge in [-0.3, -0.25) is 9.69 Å². The van der Waals surface area contributed by atoms with Crippen molar-refractivity contribution >= 4 is 17.7 Å². The highest BCUT2D eigenvalue weighted by atomic mass is 32.2. The quantitative estimate of drug-likeness (QED) is 0.526. The molecule has 1 amide bonds. The Morgan fingerprint density at radius 3 is 2.62 bits per heavy atom. The number of benzene rings is 2. The first-order chi connectivity index (χ1) is 15.6. The van der Waals surface area contributed by atoms with Crippen molar-refractivity contribution < 1.29 is 4.79 Å². The average molecular weight is 451 g/mol. The second-order valence-corrected chi connectivity index (χ2v) is 9.42. The van der Waals surface area contributed by atoms with Crippen molar-refractivity contribution in [1.29, 1.82) is 0 Å². The third kappa shape index (κ3) is 5.55. The Balaban J connectivity index is 1.37. The van der Waals surface area contributed by atoms with Crippen LogP contribution in [0.4, 0.5) is 0 Å². The fraction of sp³-hybridized carbons (Fsp3) is 0.417. The summed E-state index contributed by atoms with van der Waals surface area (Å²) in [6, 6.07) is 17.9. The van der Waals surface area contributed by atoms with E-state index in [9.17, 15) is 4.79 Å². The van der Waals surface area contributed by atoms with Crippen molar-refractivity contribution in [2.75, 3.05) is 19.6 Å². The van der Waals surface area contributed by atoms with Gasteiger partial charge in [-0.25, -0.2) is 0 Å². The van der Waals surface area contributed by atoms with Crippen LogP contribution in [0, 0.1) is 5.92 Å². The Bertz CT molecular complexity index is 1020. The number of nitrogens with zero attached hydrogens (tertiary/aromatic N) is 5. The maximum atomic E-state index is 13.0. The summed E-state index contributed by atoms with van der Waals surface area (Å²) in [5.74, 6) is 2.08. The van der Waals surface area contributed by atoms with Crippen molar-refractivity contribution in [2.45, 2.75) is 43.4 Å². The van der Waals surface area contributed by atoms with E-state index in [-0.39, 0.29) is 5.91 Å². The van der Waals surface area contributed by atoms with Crippen LogP contribution >= 0.6 is 11.8 Å². The van der Waals surface area contributed by atoms with Gasteiger partial charge in [0.25, 0.3) is 5.91 Å². The van der Waals surface area contributed by atoms with Gasteiger partial charge in [-0.2, -0.15) is 4.68 Å². The van der Waals surface area contributed by atoms with Crippen molar-refractivity contribution in [3.8, 4) is 5.69 Å². The molecule has 1 fully saturated rings. The molecular weight excluding hydrogens is 420 g/mol.